The smallest absolute Gasteiger partial charge is 0.216 e. The van der Waals surface area contributed by atoms with Gasteiger partial charge in [-0.25, -0.2) is 14.4 Å². The summed E-state index contributed by atoms with van der Waals surface area (Å²) in [6.07, 6.45) is 3.79. The third-order valence-electron chi connectivity index (χ3n) is 6.05. The molecule has 1 aromatic heterocycles. The highest BCUT2D eigenvalue weighted by Crippen LogP contribution is 2.39. The van der Waals surface area contributed by atoms with Gasteiger partial charge in [0.2, 0.25) is 5.96 Å². The molecule has 4 aromatic rings. The lowest BCUT2D eigenvalue weighted by atomic mass is 10.1. The molecule has 3 aromatic carbocycles. The standard InChI is InChI=1S/C27H23ClFN7O3/c28-24-23(39-20-3-1-2-18(29)11-20)7-5-17(14-37)25(24)34-26-21-10-16(4-6-22(21)31-15-32-26)12-33-35-27(30)36-9-8-19(38)13-36/h1-7,10-12,14-15,19,38H,8-9,13H2,(H2,30,35)(H,31,32,34). The van der Waals surface area contributed by atoms with E-state index in [2.05, 4.69) is 25.5 Å². The Morgan fingerprint density at radius 1 is 1.23 bits per heavy atom. The monoisotopic (exact) mass is 547 g/mol. The van der Waals surface area contributed by atoms with Crippen LogP contribution in [-0.4, -0.2) is 57.6 Å². The normalized spacial score (nSPS) is 15.7. The summed E-state index contributed by atoms with van der Waals surface area (Å²) in [5.41, 5.74) is 7.84. The second kappa shape index (κ2) is 11.4. The number of benzene rings is 3. The Kier molecular flexibility index (Phi) is 7.62. The number of β-amino-alcohol motifs (C(OH)–C–C–N with tert-alkyl or cyclic N) is 1. The van der Waals surface area contributed by atoms with Gasteiger partial charge in [-0.15, -0.1) is 5.10 Å². The molecule has 1 aliphatic rings. The van der Waals surface area contributed by atoms with E-state index in [1.807, 2.05) is 6.07 Å². The number of ether oxygens (including phenoxy) is 1. The molecule has 5 rings (SSSR count). The molecule has 10 nitrogen and oxygen atoms in total. The zero-order valence-corrected chi connectivity index (χ0v) is 21.2. The van der Waals surface area contributed by atoms with Crippen LogP contribution in [0.1, 0.15) is 22.3 Å². The lowest BCUT2D eigenvalue weighted by Gasteiger charge is -2.15. The molecule has 1 fully saturated rings. The van der Waals surface area contributed by atoms with E-state index in [0.717, 1.165) is 0 Å². The molecule has 2 heterocycles. The number of likely N-dealkylation sites (tertiary alicyclic amines) is 1. The van der Waals surface area contributed by atoms with Gasteiger partial charge in [-0.05, 0) is 48.4 Å². The van der Waals surface area contributed by atoms with Crippen molar-refractivity contribution in [1.29, 1.82) is 0 Å². The summed E-state index contributed by atoms with van der Waals surface area (Å²) in [4.78, 5) is 22.2. The zero-order valence-electron chi connectivity index (χ0n) is 20.5. The minimum absolute atomic E-state index is 0.116. The van der Waals surface area contributed by atoms with Crippen LogP contribution in [0.4, 0.5) is 15.9 Å². The van der Waals surface area contributed by atoms with E-state index in [1.165, 1.54) is 36.8 Å². The van der Waals surface area contributed by atoms with Gasteiger partial charge < -0.3 is 25.8 Å². The first-order valence-corrected chi connectivity index (χ1v) is 12.3. The minimum Gasteiger partial charge on any atom is -0.456 e. The Hall–Kier alpha value is -4.61. The fourth-order valence-electron chi connectivity index (χ4n) is 4.07. The van der Waals surface area contributed by atoms with E-state index in [-0.39, 0.29) is 33.7 Å². The first-order valence-electron chi connectivity index (χ1n) is 11.9. The van der Waals surface area contributed by atoms with Crippen molar-refractivity contribution in [2.45, 2.75) is 12.5 Å². The largest absolute Gasteiger partial charge is 0.456 e. The number of nitrogens with two attached hydrogens (primary N) is 1. The van der Waals surface area contributed by atoms with Crippen LogP contribution in [0, 0.1) is 5.82 Å². The molecule has 0 radical (unpaired) electrons. The van der Waals surface area contributed by atoms with E-state index in [0.29, 0.717) is 48.1 Å². The van der Waals surface area contributed by atoms with Crippen LogP contribution >= 0.6 is 11.6 Å². The maximum atomic E-state index is 13.6. The van der Waals surface area contributed by atoms with Gasteiger partial charge >= 0.3 is 0 Å². The molecular weight excluding hydrogens is 525 g/mol. The van der Waals surface area contributed by atoms with Crippen molar-refractivity contribution in [3.8, 4) is 11.5 Å². The Labute approximate surface area is 227 Å². The van der Waals surface area contributed by atoms with Crippen molar-refractivity contribution in [1.82, 2.24) is 14.9 Å². The SMILES string of the molecule is NC(=NN=Cc1ccc2ncnc(Nc3c(C=O)ccc(Oc4cccc(F)c4)c3Cl)c2c1)N1CCC(O)C1. The fraction of sp³-hybridized carbons (Fsp3) is 0.148. The van der Waals surface area contributed by atoms with Gasteiger partial charge in [0.15, 0.2) is 6.29 Å². The predicted octanol–water partition coefficient (Wildman–Crippen LogP) is 4.49. The number of hydrogen-bond acceptors (Lipinski definition) is 8. The summed E-state index contributed by atoms with van der Waals surface area (Å²) in [5, 5.41) is 21.6. The Balaban J connectivity index is 1.44. The molecule has 1 aliphatic heterocycles. The summed E-state index contributed by atoms with van der Waals surface area (Å²) in [6, 6.07) is 14.1. The van der Waals surface area contributed by atoms with Gasteiger partial charge in [0.05, 0.1) is 23.5 Å². The number of guanidine groups is 1. The van der Waals surface area contributed by atoms with E-state index in [1.54, 1.807) is 29.2 Å². The third-order valence-corrected chi connectivity index (χ3v) is 6.42. The van der Waals surface area contributed by atoms with Crippen LogP contribution in [-0.2, 0) is 0 Å². The average Bonchev–Trinajstić information content (AvgIpc) is 3.37. The molecule has 4 N–H and O–H groups in total. The van der Waals surface area contributed by atoms with Gasteiger partial charge in [-0.1, -0.05) is 23.7 Å². The molecule has 0 spiro atoms. The quantitative estimate of drug-likeness (QED) is 0.133. The molecule has 0 aliphatic carbocycles. The zero-order chi connectivity index (χ0) is 27.4. The molecular formula is C27H23ClFN7O3. The minimum atomic E-state index is -0.457. The van der Waals surface area contributed by atoms with Crippen LogP contribution in [0.3, 0.4) is 0 Å². The van der Waals surface area contributed by atoms with Crippen LogP contribution in [0.2, 0.25) is 5.02 Å². The van der Waals surface area contributed by atoms with Crippen molar-refractivity contribution in [3.05, 3.63) is 82.9 Å². The molecule has 0 amide bonds. The van der Waals surface area contributed by atoms with Gasteiger partial charge in [0.1, 0.15) is 34.5 Å². The first kappa shape index (κ1) is 26.0. The number of anilines is 2. The number of rotatable bonds is 7. The average molecular weight is 548 g/mol. The van der Waals surface area contributed by atoms with E-state index >= 15 is 0 Å². The molecule has 198 valence electrons. The van der Waals surface area contributed by atoms with Crippen molar-refractivity contribution < 1.29 is 19.0 Å². The summed E-state index contributed by atoms with van der Waals surface area (Å²) < 4.78 is 19.4. The van der Waals surface area contributed by atoms with E-state index < -0.39 is 11.9 Å². The number of aliphatic hydroxyl groups is 1. The highest BCUT2D eigenvalue weighted by molar-refractivity contribution is 6.35. The summed E-state index contributed by atoms with van der Waals surface area (Å²) in [6.45, 7) is 1.04. The number of aromatic nitrogens is 2. The van der Waals surface area contributed by atoms with Crippen molar-refractivity contribution >= 4 is 52.5 Å². The van der Waals surface area contributed by atoms with E-state index in [9.17, 15) is 14.3 Å². The van der Waals surface area contributed by atoms with Crippen molar-refractivity contribution in [3.63, 3.8) is 0 Å². The number of hydrogen-bond donors (Lipinski definition) is 3. The van der Waals surface area contributed by atoms with Crippen molar-refractivity contribution in [2.75, 3.05) is 18.4 Å². The number of nitrogens with one attached hydrogen (secondary N) is 1. The second-order valence-corrected chi connectivity index (χ2v) is 9.11. The molecule has 0 bridgehead atoms. The number of aldehydes is 1. The van der Waals surface area contributed by atoms with Crippen LogP contribution in [0.15, 0.2) is 71.1 Å². The maximum absolute atomic E-state index is 13.6. The Morgan fingerprint density at radius 2 is 2.10 bits per heavy atom. The topological polar surface area (TPSA) is 138 Å². The summed E-state index contributed by atoms with van der Waals surface area (Å²) >= 11 is 6.62. The van der Waals surface area contributed by atoms with Crippen LogP contribution in [0.5, 0.6) is 11.5 Å². The fourth-order valence-corrected chi connectivity index (χ4v) is 4.33. The number of aliphatic hydroxyl groups excluding tert-OH is 1. The maximum Gasteiger partial charge on any atom is 0.216 e. The molecule has 1 unspecified atom stereocenters. The molecule has 1 saturated heterocycles. The summed E-state index contributed by atoms with van der Waals surface area (Å²) in [5.74, 6) is 0.634. The number of carbonyl (C=O) groups excluding carboxylic acids is 1. The van der Waals surface area contributed by atoms with Crippen LogP contribution < -0.4 is 15.8 Å². The predicted molar refractivity (Wildman–Crippen MR) is 148 cm³/mol. The van der Waals surface area contributed by atoms with Gasteiger partial charge in [0, 0.05) is 30.1 Å². The number of nitrogens with zero attached hydrogens (tertiary/aromatic N) is 5. The molecule has 0 saturated carbocycles. The number of fused-ring (bicyclic) bond motifs is 1. The Morgan fingerprint density at radius 3 is 2.87 bits per heavy atom. The summed E-state index contributed by atoms with van der Waals surface area (Å²) in [7, 11) is 0. The van der Waals surface area contributed by atoms with Gasteiger partial charge in [0.25, 0.3) is 0 Å². The lowest BCUT2D eigenvalue weighted by molar-refractivity contribution is 0.112. The Bertz CT molecular complexity index is 1600. The van der Waals surface area contributed by atoms with Gasteiger partial charge in [-0.2, -0.15) is 5.10 Å². The highest BCUT2D eigenvalue weighted by atomic mass is 35.5. The molecule has 12 heteroatoms. The number of carbonyl (C=O) groups is 1. The highest BCUT2D eigenvalue weighted by Gasteiger charge is 2.21. The van der Waals surface area contributed by atoms with Crippen molar-refractivity contribution in [2.24, 2.45) is 15.9 Å². The number of halogens is 2. The molecule has 39 heavy (non-hydrogen) atoms. The third kappa shape index (κ3) is 5.95. The lowest BCUT2D eigenvalue weighted by Crippen LogP contribution is -2.35. The second-order valence-electron chi connectivity index (χ2n) is 8.73. The van der Waals surface area contributed by atoms with E-state index in [4.69, 9.17) is 22.1 Å². The van der Waals surface area contributed by atoms with Gasteiger partial charge in [-0.3, -0.25) is 4.79 Å². The first-order chi connectivity index (χ1) is 18.9. The molecule has 1 atom stereocenters. The van der Waals surface area contributed by atoms with Crippen LogP contribution in [0.25, 0.3) is 10.9 Å².